The predicted molar refractivity (Wildman–Crippen MR) is 74.3 cm³/mol. The maximum absolute atomic E-state index is 10.6. The van der Waals surface area contributed by atoms with Crippen molar-refractivity contribution in [3.05, 3.63) is 51.3 Å². The maximum Gasteiger partial charge on any atom is 0.269 e. The number of nitro benzene ring substituents is 1. The summed E-state index contributed by atoms with van der Waals surface area (Å²) in [4.78, 5) is 10.2. The molecule has 1 N–H and O–H groups in total. The van der Waals surface area contributed by atoms with E-state index in [0.717, 1.165) is 11.1 Å². The number of allylic oxidation sites excluding steroid dienone is 1. The number of rotatable bonds is 4. The fraction of sp³-hybridized carbons (Fsp3) is 0.167. The highest BCUT2D eigenvalue weighted by molar-refractivity contribution is 7.71. The van der Waals surface area contributed by atoms with Gasteiger partial charge in [-0.05, 0) is 31.3 Å². The second kappa shape index (κ2) is 5.15. The Kier molecular flexibility index (Phi) is 3.57. The number of aromatic amines is 1. The zero-order valence-electron chi connectivity index (χ0n) is 10.3. The van der Waals surface area contributed by atoms with Crippen molar-refractivity contribution in [2.45, 2.75) is 13.5 Å². The number of non-ortho nitro benzene ring substituents is 1. The van der Waals surface area contributed by atoms with Crippen LogP contribution in [0.1, 0.15) is 6.92 Å². The van der Waals surface area contributed by atoms with Crippen LogP contribution in [0.25, 0.3) is 11.4 Å². The van der Waals surface area contributed by atoms with Gasteiger partial charge in [0.25, 0.3) is 5.69 Å². The number of nitrogens with one attached hydrogen (secondary N) is 1. The van der Waals surface area contributed by atoms with Gasteiger partial charge in [-0.1, -0.05) is 12.2 Å². The molecular weight excluding hydrogens is 264 g/mol. The summed E-state index contributed by atoms with van der Waals surface area (Å²) in [7, 11) is 0. The van der Waals surface area contributed by atoms with Gasteiger partial charge >= 0.3 is 0 Å². The Morgan fingerprint density at radius 1 is 1.53 bits per heavy atom. The van der Waals surface area contributed by atoms with Crippen molar-refractivity contribution in [1.29, 1.82) is 0 Å². The summed E-state index contributed by atoms with van der Waals surface area (Å²) in [6.45, 7) is 6.30. The molecule has 0 aliphatic rings. The third kappa shape index (κ3) is 2.76. The third-order valence-electron chi connectivity index (χ3n) is 2.52. The first-order valence-electron chi connectivity index (χ1n) is 5.53. The van der Waals surface area contributed by atoms with E-state index in [1.165, 1.54) is 12.1 Å². The molecule has 0 amide bonds. The zero-order valence-corrected chi connectivity index (χ0v) is 11.1. The topological polar surface area (TPSA) is 76.8 Å². The molecule has 0 aliphatic carbocycles. The lowest BCUT2D eigenvalue weighted by Gasteiger charge is -2.06. The normalized spacial score (nSPS) is 10.4. The van der Waals surface area contributed by atoms with E-state index in [9.17, 15) is 10.1 Å². The van der Waals surface area contributed by atoms with Crippen LogP contribution in [0.5, 0.6) is 0 Å². The van der Waals surface area contributed by atoms with Crippen LogP contribution in [0.15, 0.2) is 36.4 Å². The van der Waals surface area contributed by atoms with Gasteiger partial charge in [-0.3, -0.25) is 19.8 Å². The van der Waals surface area contributed by atoms with Crippen LogP contribution in [0.2, 0.25) is 0 Å². The standard InChI is InChI=1S/C12H12N4O2S/c1-8(2)7-15-11(13-14-12(15)19)9-3-5-10(6-4-9)16(17)18/h3-6H,1,7H2,2H3,(H,14,19). The van der Waals surface area contributed by atoms with E-state index in [1.807, 2.05) is 6.92 Å². The minimum atomic E-state index is -0.436. The number of hydrogen-bond acceptors (Lipinski definition) is 4. The van der Waals surface area contributed by atoms with Crippen molar-refractivity contribution in [2.24, 2.45) is 0 Å². The van der Waals surface area contributed by atoms with Crippen LogP contribution < -0.4 is 0 Å². The van der Waals surface area contributed by atoms with Gasteiger partial charge in [-0.25, -0.2) is 0 Å². The SMILES string of the molecule is C=C(C)Cn1c(-c2ccc([N+](=O)[O-])cc2)n[nH]c1=S. The molecule has 0 saturated heterocycles. The fourth-order valence-electron chi connectivity index (χ4n) is 1.69. The van der Waals surface area contributed by atoms with Crippen molar-refractivity contribution in [3.63, 3.8) is 0 Å². The second-order valence-electron chi connectivity index (χ2n) is 4.20. The molecule has 2 aromatic rings. The van der Waals surface area contributed by atoms with Gasteiger partial charge in [0.1, 0.15) is 0 Å². The van der Waals surface area contributed by atoms with Crippen LogP contribution in [0.4, 0.5) is 5.69 Å². The summed E-state index contributed by atoms with van der Waals surface area (Å²) < 4.78 is 2.30. The number of benzene rings is 1. The first-order valence-corrected chi connectivity index (χ1v) is 5.94. The van der Waals surface area contributed by atoms with Crippen LogP contribution in [-0.4, -0.2) is 19.7 Å². The highest BCUT2D eigenvalue weighted by atomic mass is 32.1. The molecule has 0 bridgehead atoms. The Labute approximate surface area is 114 Å². The molecule has 7 heteroatoms. The fourth-order valence-corrected chi connectivity index (χ4v) is 1.88. The zero-order chi connectivity index (χ0) is 14.0. The average molecular weight is 276 g/mol. The van der Waals surface area contributed by atoms with E-state index in [1.54, 1.807) is 16.7 Å². The van der Waals surface area contributed by atoms with Gasteiger partial charge in [-0.2, -0.15) is 5.10 Å². The van der Waals surface area contributed by atoms with E-state index >= 15 is 0 Å². The summed E-state index contributed by atoms with van der Waals surface area (Å²) in [6, 6.07) is 6.19. The molecule has 1 aromatic heterocycles. The molecule has 0 unspecified atom stereocenters. The number of nitro groups is 1. The predicted octanol–water partition coefficient (Wildman–Crippen LogP) is 3.09. The van der Waals surface area contributed by atoms with E-state index in [0.29, 0.717) is 17.1 Å². The number of hydrogen-bond donors (Lipinski definition) is 1. The van der Waals surface area contributed by atoms with Gasteiger partial charge in [0.2, 0.25) is 0 Å². The monoisotopic (exact) mass is 276 g/mol. The van der Waals surface area contributed by atoms with E-state index in [-0.39, 0.29) is 5.69 Å². The lowest BCUT2D eigenvalue weighted by molar-refractivity contribution is -0.384. The van der Waals surface area contributed by atoms with Crippen molar-refractivity contribution >= 4 is 17.9 Å². The van der Waals surface area contributed by atoms with E-state index < -0.39 is 4.92 Å². The summed E-state index contributed by atoms with van der Waals surface area (Å²) in [5, 5.41) is 17.5. The molecule has 6 nitrogen and oxygen atoms in total. The molecule has 0 saturated carbocycles. The van der Waals surface area contributed by atoms with Crippen molar-refractivity contribution < 1.29 is 4.92 Å². The van der Waals surface area contributed by atoms with E-state index in [2.05, 4.69) is 16.8 Å². The molecule has 0 atom stereocenters. The minimum Gasteiger partial charge on any atom is -0.296 e. The molecule has 0 aliphatic heterocycles. The third-order valence-corrected chi connectivity index (χ3v) is 2.83. The second-order valence-corrected chi connectivity index (χ2v) is 4.59. The van der Waals surface area contributed by atoms with Crippen molar-refractivity contribution in [2.75, 3.05) is 0 Å². The Hall–Kier alpha value is -2.28. The number of aromatic nitrogens is 3. The quantitative estimate of drug-likeness (QED) is 0.403. The molecule has 0 spiro atoms. The maximum atomic E-state index is 10.6. The molecule has 0 fully saturated rings. The Bertz CT molecular complexity index is 685. The highest BCUT2D eigenvalue weighted by Gasteiger charge is 2.11. The van der Waals surface area contributed by atoms with Gasteiger partial charge in [0, 0.05) is 24.2 Å². The smallest absolute Gasteiger partial charge is 0.269 e. The molecule has 1 aromatic carbocycles. The summed E-state index contributed by atoms with van der Waals surface area (Å²) >= 11 is 5.15. The van der Waals surface area contributed by atoms with Crippen LogP contribution in [0, 0.1) is 14.9 Å². The molecule has 98 valence electrons. The van der Waals surface area contributed by atoms with Crippen molar-refractivity contribution in [3.8, 4) is 11.4 Å². The molecule has 1 heterocycles. The lowest BCUT2D eigenvalue weighted by Crippen LogP contribution is -2.01. The van der Waals surface area contributed by atoms with Gasteiger partial charge in [0.15, 0.2) is 10.6 Å². The van der Waals surface area contributed by atoms with Crippen molar-refractivity contribution in [1.82, 2.24) is 14.8 Å². The number of H-pyrrole nitrogens is 1. The molecule has 2 rings (SSSR count). The minimum absolute atomic E-state index is 0.0457. The van der Waals surface area contributed by atoms with Gasteiger partial charge < -0.3 is 0 Å². The summed E-state index contributed by atoms with van der Waals surface area (Å²) in [6.07, 6.45) is 0. The molecular formula is C12H12N4O2S. The highest BCUT2D eigenvalue weighted by Crippen LogP contribution is 2.21. The molecule has 0 radical (unpaired) electrons. The Balaban J connectivity index is 2.44. The lowest BCUT2D eigenvalue weighted by atomic mass is 10.2. The Morgan fingerprint density at radius 2 is 2.16 bits per heavy atom. The summed E-state index contributed by atoms with van der Waals surface area (Å²) in [5.41, 5.74) is 1.75. The first-order chi connectivity index (χ1) is 8.99. The van der Waals surface area contributed by atoms with Crippen LogP contribution in [0.3, 0.4) is 0 Å². The molecule has 19 heavy (non-hydrogen) atoms. The summed E-state index contributed by atoms with van der Waals surface area (Å²) in [5.74, 6) is 0.642. The van der Waals surface area contributed by atoms with Gasteiger partial charge in [-0.15, -0.1) is 0 Å². The largest absolute Gasteiger partial charge is 0.296 e. The van der Waals surface area contributed by atoms with E-state index in [4.69, 9.17) is 12.2 Å². The first kappa shape index (κ1) is 13.2. The number of nitrogens with zero attached hydrogens (tertiary/aromatic N) is 3. The average Bonchev–Trinajstić information content (AvgIpc) is 2.71. The van der Waals surface area contributed by atoms with Gasteiger partial charge in [0.05, 0.1) is 4.92 Å². The van der Waals surface area contributed by atoms with Crippen LogP contribution in [-0.2, 0) is 6.54 Å². The Morgan fingerprint density at radius 3 is 2.68 bits per heavy atom. The van der Waals surface area contributed by atoms with Crippen LogP contribution >= 0.6 is 12.2 Å².